The van der Waals surface area contributed by atoms with Crippen molar-refractivity contribution in [3.8, 4) is 0 Å². The SMILES string of the molecule is CC(=O)O.OC1CCCC1. The number of carboxylic acids is 1. The quantitative estimate of drug-likeness (QED) is 0.536. The standard InChI is InChI=1S/C5H10O.C2H4O2/c6-5-3-1-2-4-5;1-2(3)4/h5-6H,1-4H2;1H3,(H,3,4). The fraction of sp³-hybridized carbons (Fsp3) is 0.857. The van der Waals surface area contributed by atoms with Crippen LogP contribution in [0, 0.1) is 0 Å². The summed E-state index contributed by atoms with van der Waals surface area (Å²) in [5.74, 6) is -0.833. The number of hydrogen-bond acceptors (Lipinski definition) is 2. The van der Waals surface area contributed by atoms with E-state index in [0.29, 0.717) is 0 Å². The second kappa shape index (κ2) is 5.23. The van der Waals surface area contributed by atoms with Crippen molar-refractivity contribution in [2.75, 3.05) is 0 Å². The van der Waals surface area contributed by atoms with Crippen molar-refractivity contribution < 1.29 is 15.0 Å². The Kier molecular flexibility index (Phi) is 4.94. The molecular formula is C7H14O3. The van der Waals surface area contributed by atoms with E-state index < -0.39 is 5.97 Å². The van der Waals surface area contributed by atoms with Crippen molar-refractivity contribution >= 4 is 5.97 Å². The zero-order valence-electron chi connectivity index (χ0n) is 6.21. The molecule has 0 aliphatic heterocycles. The molecule has 0 aromatic heterocycles. The molecule has 2 N–H and O–H groups in total. The highest BCUT2D eigenvalue weighted by Gasteiger charge is 2.09. The maximum atomic E-state index is 9.00. The van der Waals surface area contributed by atoms with Crippen LogP contribution < -0.4 is 0 Å². The summed E-state index contributed by atoms with van der Waals surface area (Å²) in [4.78, 5) is 9.00. The van der Waals surface area contributed by atoms with Crippen molar-refractivity contribution in [2.45, 2.75) is 38.7 Å². The molecule has 3 heteroatoms. The Labute approximate surface area is 60.7 Å². The largest absolute Gasteiger partial charge is 0.481 e. The minimum absolute atomic E-state index is 0.0463. The van der Waals surface area contributed by atoms with Crippen molar-refractivity contribution in [1.82, 2.24) is 0 Å². The highest BCUT2D eigenvalue weighted by molar-refractivity contribution is 5.62. The number of aliphatic carboxylic acids is 1. The van der Waals surface area contributed by atoms with Crippen LogP contribution in [0.3, 0.4) is 0 Å². The zero-order valence-corrected chi connectivity index (χ0v) is 6.21. The second-order valence-corrected chi connectivity index (χ2v) is 2.46. The molecule has 3 nitrogen and oxygen atoms in total. The van der Waals surface area contributed by atoms with Crippen molar-refractivity contribution in [1.29, 1.82) is 0 Å². The summed E-state index contributed by atoms with van der Waals surface area (Å²) in [6.07, 6.45) is 4.60. The normalized spacial score (nSPS) is 17.8. The highest BCUT2D eigenvalue weighted by atomic mass is 16.4. The zero-order chi connectivity index (χ0) is 7.98. The average molecular weight is 146 g/mol. The van der Waals surface area contributed by atoms with Gasteiger partial charge in [0.05, 0.1) is 6.10 Å². The van der Waals surface area contributed by atoms with Crippen LogP contribution >= 0.6 is 0 Å². The molecule has 0 unspecified atom stereocenters. The number of carboxylic acid groups (broad SMARTS) is 1. The molecule has 0 amide bonds. The maximum Gasteiger partial charge on any atom is 0.300 e. The lowest BCUT2D eigenvalue weighted by atomic mass is 10.3. The van der Waals surface area contributed by atoms with Crippen LogP contribution in [0.2, 0.25) is 0 Å². The molecule has 0 atom stereocenters. The molecule has 1 rings (SSSR count). The summed E-state index contributed by atoms with van der Waals surface area (Å²) < 4.78 is 0. The molecule has 1 aliphatic rings. The topological polar surface area (TPSA) is 57.5 Å². The van der Waals surface area contributed by atoms with E-state index in [1.54, 1.807) is 0 Å². The van der Waals surface area contributed by atoms with Crippen molar-refractivity contribution in [3.63, 3.8) is 0 Å². The Morgan fingerprint density at radius 2 is 1.70 bits per heavy atom. The van der Waals surface area contributed by atoms with E-state index in [1.165, 1.54) is 12.8 Å². The lowest BCUT2D eigenvalue weighted by Gasteiger charge is -1.91. The fourth-order valence-electron chi connectivity index (χ4n) is 0.904. The summed E-state index contributed by atoms with van der Waals surface area (Å²) in [6.45, 7) is 1.08. The van der Waals surface area contributed by atoms with Gasteiger partial charge in [0.25, 0.3) is 5.97 Å². The molecule has 0 aromatic rings. The molecule has 0 radical (unpaired) electrons. The first-order chi connectivity index (χ1) is 4.63. The molecule has 0 bridgehead atoms. The van der Waals surface area contributed by atoms with Gasteiger partial charge in [-0.3, -0.25) is 4.79 Å². The molecular weight excluding hydrogens is 132 g/mol. The summed E-state index contributed by atoms with van der Waals surface area (Å²) in [5, 5.41) is 16.1. The van der Waals surface area contributed by atoms with Gasteiger partial charge in [-0.2, -0.15) is 0 Å². The minimum atomic E-state index is -0.833. The first kappa shape index (κ1) is 9.43. The van der Waals surface area contributed by atoms with Gasteiger partial charge in [-0.1, -0.05) is 12.8 Å². The van der Waals surface area contributed by atoms with Gasteiger partial charge >= 0.3 is 0 Å². The van der Waals surface area contributed by atoms with E-state index in [-0.39, 0.29) is 6.10 Å². The predicted octanol–water partition coefficient (Wildman–Crippen LogP) is 1.01. The Balaban J connectivity index is 0.000000180. The van der Waals surface area contributed by atoms with Crippen LogP contribution in [0.1, 0.15) is 32.6 Å². The van der Waals surface area contributed by atoms with Gasteiger partial charge in [-0.05, 0) is 12.8 Å². The van der Waals surface area contributed by atoms with Crippen LogP contribution in [0.5, 0.6) is 0 Å². The second-order valence-electron chi connectivity index (χ2n) is 2.46. The van der Waals surface area contributed by atoms with Crippen LogP contribution in [-0.4, -0.2) is 22.3 Å². The summed E-state index contributed by atoms with van der Waals surface area (Å²) in [6, 6.07) is 0. The smallest absolute Gasteiger partial charge is 0.300 e. The molecule has 0 saturated heterocycles. The molecule has 1 saturated carbocycles. The first-order valence-corrected chi connectivity index (χ1v) is 3.50. The molecule has 60 valence electrons. The third-order valence-electron chi connectivity index (χ3n) is 1.32. The van der Waals surface area contributed by atoms with Crippen molar-refractivity contribution in [2.24, 2.45) is 0 Å². The molecule has 1 fully saturated rings. The van der Waals surface area contributed by atoms with E-state index in [1.807, 2.05) is 0 Å². The number of aliphatic hydroxyl groups is 1. The van der Waals surface area contributed by atoms with E-state index in [9.17, 15) is 0 Å². The van der Waals surface area contributed by atoms with Crippen molar-refractivity contribution in [3.05, 3.63) is 0 Å². The Morgan fingerprint density at radius 3 is 1.80 bits per heavy atom. The Morgan fingerprint density at radius 1 is 1.40 bits per heavy atom. The summed E-state index contributed by atoms with van der Waals surface area (Å²) in [7, 11) is 0. The number of rotatable bonds is 0. The Hall–Kier alpha value is -0.570. The van der Waals surface area contributed by atoms with Gasteiger partial charge in [0, 0.05) is 6.92 Å². The first-order valence-electron chi connectivity index (χ1n) is 3.50. The van der Waals surface area contributed by atoms with Gasteiger partial charge in [-0.25, -0.2) is 0 Å². The maximum absolute atomic E-state index is 9.00. The van der Waals surface area contributed by atoms with Gasteiger partial charge in [0.1, 0.15) is 0 Å². The third kappa shape index (κ3) is 7.43. The molecule has 1 aliphatic carbocycles. The van der Waals surface area contributed by atoms with E-state index >= 15 is 0 Å². The average Bonchev–Trinajstić information content (AvgIpc) is 2.15. The van der Waals surface area contributed by atoms with E-state index in [0.717, 1.165) is 19.8 Å². The number of hydrogen-bond donors (Lipinski definition) is 2. The minimum Gasteiger partial charge on any atom is -0.481 e. The fourth-order valence-corrected chi connectivity index (χ4v) is 0.904. The highest BCUT2D eigenvalue weighted by Crippen LogP contribution is 2.16. The van der Waals surface area contributed by atoms with Crippen LogP contribution in [-0.2, 0) is 4.79 Å². The predicted molar refractivity (Wildman–Crippen MR) is 37.8 cm³/mol. The van der Waals surface area contributed by atoms with Gasteiger partial charge in [0.2, 0.25) is 0 Å². The van der Waals surface area contributed by atoms with Crippen LogP contribution in [0.4, 0.5) is 0 Å². The van der Waals surface area contributed by atoms with Crippen LogP contribution in [0.25, 0.3) is 0 Å². The number of aliphatic hydroxyl groups excluding tert-OH is 1. The molecule has 0 aromatic carbocycles. The lowest BCUT2D eigenvalue weighted by Crippen LogP contribution is -1.94. The van der Waals surface area contributed by atoms with E-state index in [4.69, 9.17) is 15.0 Å². The van der Waals surface area contributed by atoms with Gasteiger partial charge in [-0.15, -0.1) is 0 Å². The van der Waals surface area contributed by atoms with Gasteiger partial charge in [0.15, 0.2) is 0 Å². The third-order valence-corrected chi connectivity index (χ3v) is 1.32. The molecule has 10 heavy (non-hydrogen) atoms. The monoisotopic (exact) mass is 146 g/mol. The molecule has 0 spiro atoms. The Bertz CT molecular complexity index is 91.0. The van der Waals surface area contributed by atoms with Crippen LogP contribution in [0.15, 0.2) is 0 Å². The van der Waals surface area contributed by atoms with Gasteiger partial charge < -0.3 is 10.2 Å². The molecule has 0 heterocycles. The lowest BCUT2D eigenvalue weighted by molar-refractivity contribution is -0.134. The van der Waals surface area contributed by atoms with E-state index in [2.05, 4.69) is 0 Å². The summed E-state index contributed by atoms with van der Waals surface area (Å²) in [5.41, 5.74) is 0. The summed E-state index contributed by atoms with van der Waals surface area (Å²) >= 11 is 0. The number of carbonyl (C=O) groups is 1.